The van der Waals surface area contributed by atoms with Crippen LogP contribution in [0.5, 0.6) is 0 Å². The molecule has 2 heterocycles. The van der Waals surface area contributed by atoms with Gasteiger partial charge in [-0.15, -0.1) is 0 Å². The third kappa shape index (κ3) is 6.42. The number of ether oxygens (including phenoxy) is 2. The fraction of sp³-hybridized carbons (Fsp3) is 0.833. The van der Waals surface area contributed by atoms with Gasteiger partial charge in [0.2, 0.25) is 0 Å². The average Bonchev–Trinajstić information content (AvgIpc) is 3.28. The predicted octanol–water partition coefficient (Wildman–Crippen LogP) is 1.34. The average molecular weight is 338 g/mol. The van der Waals surface area contributed by atoms with Crippen molar-refractivity contribution in [2.24, 2.45) is 4.99 Å². The van der Waals surface area contributed by atoms with Crippen molar-refractivity contribution < 1.29 is 9.47 Å². The Morgan fingerprint density at radius 3 is 2.62 bits per heavy atom. The number of hydrogen-bond donors (Lipinski definition) is 1. The van der Waals surface area contributed by atoms with E-state index in [1.54, 1.807) is 0 Å². The number of aliphatic imine (C=N–C) groups is 1. The standard InChI is InChI=1S/C18H34N4O2/c1-3-4-12-23-14-15-24-13-8-20-18(19-2)22-11-7-17(16-22)21-9-5-6-10-21/h5-6,17H,3-4,7-16H2,1-2H3,(H,19,20). The lowest BCUT2D eigenvalue weighted by Crippen LogP contribution is -2.43. The second-order valence-electron chi connectivity index (χ2n) is 6.37. The van der Waals surface area contributed by atoms with Crippen LogP contribution in [0.4, 0.5) is 0 Å². The van der Waals surface area contributed by atoms with Crippen molar-refractivity contribution in [3.05, 3.63) is 12.2 Å². The Labute approximate surface area is 146 Å². The number of nitrogens with zero attached hydrogens (tertiary/aromatic N) is 3. The topological polar surface area (TPSA) is 49.3 Å². The molecule has 0 aliphatic carbocycles. The highest BCUT2D eigenvalue weighted by atomic mass is 16.5. The van der Waals surface area contributed by atoms with Crippen molar-refractivity contribution in [3.63, 3.8) is 0 Å². The summed E-state index contributed by atoms with van der Waals surface area (Å²) in [5, 5.41) is 3.41. The van der Waals surface area contributed by atoms with Gasteiger partial charge < -0.3 is 19.7 Å². The third-order valence-electron chi connectivity index (χ3n) is 4.58. The Kier molecular flexibility index (Phi) is 9.16. The van der Waals surface area contributed by atoms with Gasteiger partial charge in [-0.25, -0.2) is 0 Å². The molecule has 0 aromatic heterocycles. The summed E-state index contributed by atoms with van der Waals surface area (Å²) in [6.45, 7) is 10.2. The summed E-state index contributed by atoms with van der Waals surface area (Å²) >= 11 is 0. The van der Waals surface area contributed by atoms with Crippen LogP contribution in [0.2, 0.25) is 0 Å². The smallest absolute Gasteiger partial charge is 0.193 e. The first-order valence-corrected chi connectivity index (χ1v) is 9.35. The minimum Gasteiger partial charge on any atom is -0.379 e. The lowest BCUT2D eigenvalue weighted by Gasteiger charge is -2.25. The van der Waals surface area contributed by atoms with Gasteiger partial charge in [0.25, 0.3) is 0 Å². The van der Waals surface area contributed by atoms with Gasteiger partial charge in [-0.05, 0) is 12.8 Å². The van der Waals surface area contributed by atoms with Crippen LogP contribution in [0.15, 0.2) is 17.1 Å². The zero-order chi connectivity index (χ0) is 17.0. The van der Waals surface area contributed by atoms with Crippen molar-refractivity contribution in [3.8, 4) is 0 Å². The van der Waals surface area contributed by atoms with Gasteiger partial charge in [0.1, 0.15) is 0 Å². The van der Waals surface area contributed by atoms with Crippen LogP contribution in [0, 0.1) is 0 Å². The van der Waals surface area contributed by atoms with E-state index in [1.807, 2.05) is 7.05 Å². The second-order valence-corrected chi connectivity index (χ2v) is 6.37. The molecule has 0 aromatic rings. The van der Waals surface area contributed by atoms with Crippen molar-refractivity contribution in [1.82, 2.24) is 15.1 Å². The molecule has 1 saturated heterocycles. The van der Waals surface area contributed by atoms with Crippen LogP contribution in [-0.4, -0.2) is 88.0 Å². The maximum atomic E-state index is 5.60. The van der Waals surface area contributed by atoms with E-state index in [-0.39, 0.29) is 0 Å². The highest BCUT2D eigenvalue weighted by Crippen LogP contribution is 2.17. The van der Waals surface area contributed by atoms with Crippen LogP contribution in [0.3, 0.4) is 0 Å². The Morgan fingerprint density at radius 1 is 1.17 bits per heavy atom. The van der Waals surface area contributed by atoms with E-state index in [4.69, 9.17) is 9.47 Å². The molecule has 1 atom stereocenters. The first-order valence-electron chi connectivity index (χ1n) is 9.35. The molecular formula is C18H34N4O2. The first kappa shape index (κ1) is 19.2. The number of likely N-dealkylation sites (tertiary alicyclic amines) is 1. The summed E-state index contributed by atoms with van der Waals surface area (Å²) in [7, 11) is 1.86. The first-order chi connectivity index (χ1) is 11.8. The summed E-state index contributed by atoms with van der Waals surface area (Å²) in [6, 6.07) is 0.648. The van der Waals surface area contributed by atoms with Gasteiger partial charge in [0.15, 0.2) is 5.96 Å². The van der Waals surface area contributed by atoms with Crippen LogP contribution < -0.4 is 5.32 Å². The Hall–Kier alpha value is -1.11. The van der Waals surface area contributed by atoms with E-state index in [1.165, 1.54) is 12.8 Å². The van der Waals surface area contributed by atoms with Crippen LogP contribution >= 0.6 is 0 Å². The van der Waals surface area contributed by atoms with Gasteiger partial charge in [-0.3, -0.25) is 9.89 Å². The van der Waals surface area contributed by atoms with Crippen molar-refractivity contribution >= 4 is 5.96 Å². The van der Waals surface area contributed by atoms with Crippen LogP contribution in [0.25, 0.3) is 0 Å². The third-order valence-corrected chi connectivity index (χ3v) is 4.58. The zero-order valence-corrected chi connectivity index (χ0v) is 15.4. The largest absolute Gasteiger partial charge is 0.379 e. The summed E-state index contributed by atoms with van der Waals surface area (Å²) in [5.41, 5.74) is 0. The Balaban J connectivity index is 1.53. The molecular weight excluding hydrogens is 304 g/mol. The summed E-state index contributed by atoms with van der Waals surface area (Å²) in [6.07, 6.45) is 8.05. The fourth-order valence-corrected chi connectivity index (χ4v) is 3.16. The molecule has 2 rings (SSSR count). The molecule has 0 radical (unpaired) electrons. The monoisotopic (exact) mass is 338 g/mol. The van der Waals surface area contributed by atoms with E-state index < -0.39 is 0 Å². The van der Waals surface area contributed by atoms with Crippen LogP contribution in [0.1, 0.15) is 26.2 Å². The lowest BCUT2D eigenvalue weighted by atomic mass is 10.2. The zero-order valence-electron chi connectivity index (χ0n) is 15.4. The van der Waals surface area contributed by atoms with E-state index >= 15 is 0 Å². The highest BCUT2D eigenvalue weighted by molar-refractivity contribution is 5.80. The van der Waals surface area contributed by atoms with Gasteiger partial charge in [0.05, 0.1) is 19.8 Å². The molecule has 1 N–H and O–H groups in total. The van der Waals surface area contributed by atoms with Crippen LogP contribution in [-0.2, 0) is 9.47 Å². The predicted molar refractivity (Wildman–Crippen MR) is 98.6 cm³/mol. The molecule has 6 nitrogen and oxygen atoms in total. The molecule has 0 aromatic carbocycles. The van der Waals surface area contributed by atoms with E-state index in [9.17, 15) is 0 Å². The number of hydrogen-bond acceptors (Lipinski definition) is 4. The van der Waals surface area contributed by atoms with E-state index in [0.29, 0.717) is 25.9 Å². The molecule has 2 aliphatic rings. The molecule has 2 aliphatic heterocycles. The fourth-order valence-electron chi connectivity index (χ4n) is 3.16. The van der Waals surface area contributed by atoms with Gasteiger partial charge in [0, 0.05) is 52.4 Å². The van der Waals surface area contributed by atoms with E-state index in [0.717, 1.165) is 51.7 Å². The minimum absolute atomic E-state index is 0.648. The number of guanidine groups is 1. The quantitative estimate of drug-likeness (QED) is 0.282. The number of rotatable bonds is 10. The maximum absolute atomic E-state index is 5.60. The molecule has 0 amide bonds. The van der Waals surface area contributed by atoms with Gasteiger partial charge in [-0.2, -0.15) is 0 Å². The lowest BCUT2D eigenvalue weighted by molar-refractivity contribution is 0.0486. The molecule has 6 heteroatoms. The molecule has 24 heavy (non-hydrogen) atoms. The summed E-state index contributed by atoms with van der Waals surface area (Å²) < 4.78 is 11.1. The van der Waals surface area contributed by atoms with Gasteiger partial charge >= 0.3 is 0 Å². The Morgan fingerprint density at radius 2 is 1.92 bits per heavy atom. The molecule has 1 fully saturated rings. The maximum Gasteiger partial charge on any atom is 0.193 e. The molecule has 0 bridgehead atoms. The van der Waals surface area contributed by atoms with E-state index in [2.05, 4.69) is 39.2 Å². The summed E-state index contributed by atoms with van der Waals surface area (Å²) in [4.78, 5) is 9.31. The molecule has 0 spiro atoms. The molecule has 0 saturated carbocycles. The number of unbranched alkanes of at least 4 members (excludes halogenated alkanes) is 1. The highest BCUT2D eigenvalue weighted by Gasteiger charge is 2.29. The number of nitrogens with one attached hydrogen (secondary N) is 1. The van der Waals surface area contributed by atoms with Crippen molar-refractivity contribution in [1.29, 1.82) is 0 Å². The minimum atomic E-state index is 0.648. The normalized spacial score (nSPS) is 21.8. The van der Waals surface area contributed by atoms with Gasteiger partial charge in [-0.1, -0.05) is 25.5 Å². The van der Waals surface area contributed by atoms with Crippen molar-refractivity contribution in [2.75, 3.05) is 66.2 Å². The summed E-state index contributed by atoms with van der Waals surface area (Å²) in [5.74, 6) is 0.993. The molecule has 1 unspecified atom stereocenters. The van der Waals surface area contributed by atoms with Crippen molar-refractivity contribution in [2.45, 2.75) is 32.2 Å². The molecule has 138 valence electrons. The Bertz CT molecular complexity index is 392. The SMILES string of the molecule is CCCCOCCOCCNC(=NC)N1CCC(N2CC=CC2)C1. The second kappa shape index (κ2) is 11.4.